The van der Waals surface area contributed by atoms with E-state index in [0.29, 0.717) is 25.9 Å². The molecule has 0 spiro atoms. The number of benzene rings is 2. The molecular formula is C20H21F3N2O3S. The molecule has 156 valence electrons. The van der Waals surface area contributed by atoms with Crippen LogP contribution >= 0.6 is 0 Å². The maximum absolute atomic E-state index is 13.7. The van der Waals surface area contributed by atoms with Crippen molar-refractivity contribution in [1.29, 1.82) is 0 Å². The molecule has 1 N–H and O–H groups in total. The van der Waals surface area contributed by atoms with Gasteiger partial charge in [0.15, 0.2) is 0 Å². The van der Waals surface area contributed by atoms with Crippen LogP contribution in [0.5, 0.6) is 0 Å². The quantitative estimate of drug-likeness (QED) is 0.772. The smallest absolute Gasteiger partial charge is 0.240 e. The summed E-state index contributed by atoms with van der Waals surface area (Å²) in [5, 5.41) is 0. The summed E-state index contributed by atoms with van der Waals surface area (Å²) in [7, 11) is -3.77. The molecule has 29 heavy (non-hydrogen) atoms. The van der Waals surface area contributed by atoms with Crippen LogP contribution in [0.25, 0.3) is 0 Å². The van der Waals surface area contributed by atoms with Crippen LogP contribution in [-0.2, 0) is 21.2 Å². The first-order chi connectivity index (χ1) is 13.7. The fourth-order valence-corrected chi connectivity index (χ4v) is 4.59. The Kier molecular flexibility index (Phi) is 6.59. The lowest BCUT2D eigenvalue weighted by atomic mass is 10.0. The number of sulfonamides is 1. The second-order valence-corrected chi connectivity index (χ2v) is 8.68. The maximum Gasteiger partial charge on any atom is 0.240 e. The topological polar surface area (TPSA) is 66.5 Å². The van der Waals surface area contributed by atoms with Gasteiger partial charge in [0.25, 0.3) is 0 Å². The highest BCUT2D eigenvalue weighted by molar-refractivity contribution is 7.89. The normalized spacial score (nSPS) is 15.5. The Morgan fingerprint density at radius 3 is 2.28 bits per heavy atom. The van der Waals surface area contributed by atoms with E-state index in [-0.39, 0.29) is 35.2 Å². The predicted octanol–water partition coefficient (Wildman–Crippen LogP) is 3.01. The average Bonchev–Trinajstić information content (AvgIpc) is 2.69. The van der Waals surface area contributed by atoms with Gasteiger partial charge in [0.05, 0.1) is 4.90 Å². The molecule has 1 aliphatic heterocycles. The number of hydrogen-bond donors (Lipinski definition) is 1. The summed E-state index contributed by atoms with van der Waals surface area (Å²) >= 11 is 0. The van der Waals surface area contributed by atoms with Crippen molar-refractivity contribution < 1.29 is 26.4 Å². The molecule has 5 nitrogen and oxygen atoms in total. The molecule has 1 fully saturated rings. The van der Waals surface area contributed by atoms with E-state index in [4.69, 9.17) is 0 Å². The zero-order valence-corrected chi connectivity index (χ0v) is 16.4. The zero-order valence-electron chi connectivity index (χ0n) is 15.6. The van der Waals surface area contributed by atoms with E-state index in [1.165, 1.54) is 12.1 Å². The highest BCUT2D eigenvalue weighted by atomic mass is 32.2. The highest BCUT2D eigenvalue weighted by Crippen LogP contribution is 2.18. The Morgan fingerprint density at radius 2 is 1.62 bits per heavy atom. The molecule has 0 atom stereocenters. The van der Waals surface area contributed by atoms with Crippen LogP contribution in [0.3, 0.4) is 0 Å². The van der Waals surface area contributed by atoms with Gasteiger partial charge < -0.3 is 4.90 Å². The third-order valence-electron chi connectivity index (χ3n) is 4.91. The van der Waals surface area contributed by atoms with E-state index in [1.54, 1.807) is 4.90 Å². The average molecular weight is 426 g/mol. The number of likely N-dealkylation sites (tertiary alicyclic amines) is 1. The molecule has 2 aromatic carbocycles. The maximum atomic E-state index is 13.7. The van der Waals surface area contributed by atoms with Crippen LogP contribution in [0, 0.1) is 17.5 Å². The summed E-state index contributed by atoms with van der Waals surface area (Å²) < 4.78 is 67.2. The van der Waals surface area contributed by atoms with E-state index >= 15 is 0 Å². The second-order valence-electron chi connectivity index (χ2n) is 6.97. The number of carbonyl (C=O) groups excluding carboxylic acids is 1. The summed E-state index contributed by atoms with van der Waals surface area (Å²) in [6.07, 6.45) is 1.01. The summed E-state index contributed by atoms with van der Waals surface area (Å²) in [5.74, 6) is -1.81. The van der Waals surface area contributed by atoms with Crippen molar-refractivity contribution >= 4 is 15.9 Å². The molecule has 3 rings (SSSR count). The fourth-order valence-electron chi connectivity index (χ4n) is 3.28. The largest absolute Gasteiger partial charge is 0.343 e. The van der Waals surface area contributed by atoms with Gasteiger partial charge in [0.2, 0.25) is 15.9 Å². The van der Waals surface area contributed by atoms with Gasteiger partial charge in [-0.1, -0.05) is 0 Å². The number of carbonyl (C=O) groups is 1. The number of aryl methyl sites for hydroxylation is 1. The third kappa shape index (κ3) is 5.57. The first-order valence-corrected chi connectivity index (χ1v) is 10.7. The van der Waals surface area contributed by atoms with Gasteiger partial charge in [-0.2, -0.15) is 0 Å². The Hall–Kier alpha value is -2.39. The van der Waals surface area contributed by atoms with Crippen LogP contribution < -0.4 is 4.72 Å². The van der Waals surface area contributed by atoms with Crippen molar-refractivity contribution in [3.8, 4) is 0 Å². The first kappa shape index (κ1) is 21.3. The van der Waals surface area contributed by atoms with Crippen LogP contribution in [0.15, 0.2) is 47.4 Å². The van der Waals surface area contributed by atoms with Crippen LogP contribution in [0.2, 0.25) is 0 Å². The van der Waals surface area contributed by atoms with E-state index in [2.05, 4.69) is 4.72 Å². The Balaban J connectivity index is 1.50. The molecule has 1 heterocycles. The molecule has 1 amide bonds. The van der Waals surface area contributed by atoms with E-state index in [0.717, 1.165) is 30.3 Å². The Bertz CT molecular complexity index is 973. The van der Waals surface area contributed by atoms with Crippen LogP contribution in [0.4, 0.5) is 13.2 Å². The number of nitrogens with one attached hydrogen (secondary N) is 1. The SMILES string of the molecule is O=C(CCc1cc(F)ccc1F)N1CCC(NS(=O)(=O)c2ccc(F)cc2)CC1. The first-order valence-electron chi connectivity index (χ1n) is 9.24. The highest BCUT2D eigenvalue weighted by Gasteiger charge is 2.26. The minimum absolute atomic E-state index is 0.0190. The Morgan fingerprint density at radius 1 is 1.00 bits per heavy atom. The molecule has 2 aromatic rings. The molecule has 0 aromatic heterocycles. The number of halogens is 3. The van der Waals surface area contributed by atoms with Crippen molar-refractivity contribution in [1.82, 2.24) is 9.62 Å². The predicted molar refractivity (Wildman–Crippen MR) is 101 cm³/mol. The summed E-state index contributed by atoms with van der Waals surface area (Å²) in [6.45, 7) is 0.724. The van der Waals surface area contributed by atoms with Crippen LogP contribution in [-0.4, -0.2) is 38.4 Å². The molecule has 1 saturated heterocycles. The van der Waals surface area contributed by atoms with E-state index < -0.39 is 27.5 Å². The summed E-state index contributed by atoms with van der Waals surface area (Å²) in [4.78, 5) is 13.9. The van der Waals surface area contributed by atoms with Crippen molar-refractivity contribution in [2.45, 2.75) is 36.6 Å². The molecule has 1 aliphatic rings. The van der Waals surface area contributed by atoms with Gasteiger partial charge in [-0.3, -0.25) is 4.79 Å². The van der Waals surface area contributed by atoms with Gasteiger partial charge in [-0.05, 0) is 67.3 Å². The summed E-state index contributed by atoms with van der Waals surface area (Å²) in [5.41, 5.74) is 0.153. The lowest BCUT2D eigenvalue weighted by Gasteiger charge is -2.32. The number of amides is 1. The molecule has 0 unspecified atom stereocenters. The minimum Gasteiger partial charge on any atom is -0.343 e. The number of piperidine rings is 1. The van der Waals surface area contributed by atoms with Crippen molar-refractivity contribution in [2.24, 2.45) is 0 Å². The number of hydrogen-bond acceptors (Lipinski definition) is 3. The third-order valence-corrected chi connectivity index (χ3v) is 6.45. The molecule has 0 aliphatic carbocycles. The van der Waals surface area contributed by atoms with E-state index in [9.17, 15) is 26.4 Å². The van der Waals surface area contributed by atoms with Gasteiger partial charge >= 0.3 is 0 Å². The van der Waals surface area contributed by atoms with Gasteiger partial charge in [0.1, 0.15) is 17.5 Å². The lowest BCUT2D eigenvalue weighted by molar-refractivity contribution is -0.132. The minimum atomic E-state index is -3.77. The lowest BCUT2D eigenvalue weighted by Crippen LogP contribution is -2.46. The molecule has 0 saturated carbocycles. The van der Waals surface area contributed by atoms with Gasteiger partial charge in [-0.15, -0.1) is 0 Å². The molecule has 9 heteroatoms. The number of rotatable bonds is 6. The molecule has 0 bridgehead atoms. The zero-order chi connectivity index (χ0) is 21.0. The van der Waals surface area contributed by atoms with Gasteiger partial charge in [-0.25, -0.2) is 26.3 Å². The summed E-state index contributed by atoms with van der Waals surface area (Å²) in [6, 6.07) is 7.36. The number of nitrogens with zero attached hydrogens (tertiary/aromatic N) is 1. The van der Waals surface area contributed by atoms with Crippen molar-refractivity contribution in [3.63, 3.8) is 0 Å². The van der Waals surface area contributed by atoms with Crippen molar-refractivity contribution in [2.75, 3.05) is 13.1 Å². The molecule has 0 radical (unpaired) electrons. The Labute approximate surface area is 167 Å². The standard InChI is InChI=1S/C20H21F3N2O3S/c21-15-2-5-18(6-3-15)29(27,28)24-17-9-11-25(12-10-17)20(26)8-1-14-13-16(22)4-7-19(14)23/h2-7,13,17,24H,1,8-12H2. The van der Waals surface area contributed by atoms with Crippen LogP contribution in [0.1, 0.15) is 24.8 Å². The monoisotopic (exact) mass is 426 g/mol. The molecular weight excluding hydrogens is 405 g/mol. The van der Waals surface area contributed by atoms with Gasteiger partial charge in [0, 0.05) is 25.6 Å². The van der Waals surface area contributed by atoms with E-state index in [1.807, 2.05) is 0 Å². The van der Waals surface area contributed by atoms with Crippen molar-refractivity contribution in [3.05, 3.63) is 65.5 Å². The second kappa shape index (κ2) is 8.96. The fraction of sp³-hybridized carbons (Fsp3) is 0.350.